The Balaban J connectivity index is 1.53. The number of nitrogen functional groups attached to an aromatic ring is 1. The third-order valence-electron chi connectivity index (χ3n) is 5.87. The molecule has 0 heterocycles. The van der Waals surface area contributed by atoms with E-state index in [1.165, 1.54) is 37.7 Å². The Hall–Kier alpha value is -0.980. The molecule has 0 radical (unpaired) electrons. The van der Waals surface area contributed by atoms with E-state index in [1.54, 1.807) is 6.42 Å². The molecule has 4 fully saturated rings. The lowest BCUT2D eigenvalue weighted by molar-refractivity contribution is -0.0360. The molecule has 0 unspecified atom stereocenters. The van der Waals surface area contributed by atoms with Crippen LogP contribution in [0.3, 0.4) is 0 Å². The Morgan fingerprint density at radius 1 is 0.833 bits per heavy atom. The van der Waals surface area contributed by atoms with Crippen molar-refractivity contribution >= 4 is 5.69 Å². The summed E-state index contributed by atoms with van der Waals surface area (Å²) >= 11 is 0. The first-order chi connectivity index (χ1) is 8.78. The first-order valence-corrected chi connectivity index (χ1v) is 7.62. The van der Waals surface area contributed by atoms with Crippen LogP contribution in [0.25, 0.3) is 0 Å². The van der Waals surface area contributed by atoms with Gasteiger partial charge >= 0.3 is 0 Å². The molecule has 18 heavy (non-hydrogen) atoms. The molecule has 0 aliphatic heterocycles. The number of nitrogens with two attached hydrogens (primary N) is 1. The molecule has 2 N–H and O–H groups in total. The van der Waals surface area contributed by atoms with Gasteiger partial charge in [0, 0.05) is 5.69 Å². The quantitative estimate of drug-likeness (QED) is 0.781. The van der Waals surface area contributed by atoms with E-state index in [1.807, 2.05) is 0 Å². The van der Waals surface area contributed by atoms with Crippen LogP contribution in [-0.4, -0.2) is 0 Å². The first-order valence-electron chi connectivity index (χ1n) is 7.62. The van der Waals surface area contributed by atoms with E-state index >= 15 is 0 Å². The zero-order valence-electron chi connectivity index (χ0n) is 11.0. The van der Waals surface area contributed by atoms with E-state index in [0.717, 1.165) is 35.3 Å². The monoisotopic (exact) mass is 241 g/mol. The van der Waals surface area contributed by atoms with E-state index in [4.69, 9.17) is 5.73 Å². The Labute approximate surface area is 110 Å². The van der Waals surface area contributed by atoms with Gasteiger partial charge in [-0.1, -0.05) is 12.1 Å². The molecule has 0 spiro atoms. The number of benzene rings is 1. The Bertz CT molecular complexity index is 405. The van der Waals surface area contributed by atoms with Crippen molar-refractivity contribution < 1.29 is 0 Å². The molecule has 1 heteroatoms. The predicted molar refractivity (Wildman–Crippen MR) is 75.1 cm³/mol. The van der Waals surface area contributed by atoms with Crippen LogP contribution >= 0.6 is 0 Å². The van der Waals surface area contributed by atoms with Gasteiger partial charge in [0.05, 0.1) is 0 Å². The molecule has 5 rings (SSSR count). The normalized spacial score (nSPS) is 41.2. The summed E-state index contributed by atoms with van der Waals surface area (Å²) in [5.74, 6) is 5.24. The van der Waals surface area contributed by atoms with Crippen molar-refractivity contribution in [3.63, 3.8) is 0 Å². The van der Waals surface area contributed by atoms with E-state index in [2.05, 4.69) is 24.3 Å². The van der Waals surface area contributed by atoms with Crippen molar-refractivity contribution in [3.05, 3.63) is 29.8 Å². The highest BCUT2D eigenvalue weighted by atomic mass is 14.5. The first kappa shape index (κ1) is 10.9. The summed E-state index contributed by atoms with van der Waals surface area (Å²) in [4.78, 5) is 0. The molecule has 0 amide bonds. The van der Waals surface area contributed by atoms with Gasteiger partial charge in [0.15, 0.2) is 0 Å². The molecule has 4 bridgehead atoms. The van der Waals surface area contributed by atoms with Crippen LogP contribution in [0.1, 0.15) is 37.7 Å². The average molecular weight is 241 g/mol. The van der Waals surface area contributed by atoms with Gasteiger partial charge in [-0.15, -0.1) is 0 Å². The largest absolute Gasteiger partial charge is 0.399 e. The fourth-order valence-electron chi connectivity index (χ4n) is 5.30. The molecule has 4 saturated carbocycles. The zero-order chi connectivity index (χ0) is 12.1. The molecule has 4 aliphatic rings. The van der Waals surface area contributed by atoms with E-state index in [0.29, 0.717) is 0 Å². The highest BCUT2D eigenvalue weighted by Crippen LogP contribution is 2.57. The SMILES string of the molecule is Nc1ccc(CC2C3CC4CC(C3)CC2C4)cc1. The van der Waals surface area contributed by atoms with Gasteiger partial charge in [-0.25, -0.2) is 0 Å². The molecule has 1 aromatic rings. The maximum atomic E-state index is 5.78. The van der Waals surface area contributed by atoms with E-state index in [9.17, 15) is 0 Å². The van der Waals surface area contributed by atoms with Crippen LogP contribution in [-0.2, 0) is 6.42 Å². The van der Waals surface area contributed by atoms with Crippen molar-refractivity contribution in [1.82, 2.24) is 0 Å². The van der Waals surface area contributed by atoms with Crippen LogP contribution in [0.4, 0.5) is 5.69 Å². The molecule has 4 aliphatic carbocycles. The molecule has 1 aromatic carbocycles. The second kappa shape index (κ2) is 4.01. The fraction of sp³-hybridized carbons (Fsp3) is 0.647. The minimum absolute atomic E-state index is 0.892. The van der Waals surface area contributed by atoms with E-state index in [-0.39, 0.29) is 0 Å². The number of hydrogen-bond acceptors (Lipinski definition) is 1. The average Bonchev–Trinajstić information content (AvgIpc) is 2.35. The number of rotatable bonds is 2. The van der Waals surface area contributed by atoms with Crippen molar-refractivity contribution in [2.45, 2.75) is 38.5 Å². The minimum atomic E-state index is 0.892. The molecule has 0 saturated heterocycles. The molecule has 0 aromatic heterocycles. The van der Waals surface area contributed by atoms with Gasteiger partial charge in [-0.3, -0.25) is 0 Å². The zero-order valence-corrected chi connectivity index (χ0v) is 11.0. The van der Waals surface area contributed by atoms with Crippen molar-refractivity contribution in [1.29, 1.82) is 0 Å². The predicted octanol–water partition coefficient (Wildman–Crippen LogP) is 3.88. The van der Waals surface area contributed by atoms with Gasteiger partial charge in [0.2, 0.25) is 0 Å². The minimum Gasteiger partial charge on any atom is -0.399 e. The van der Waals surface area contributed by atoms with Crippen LogP contribution in [0.15, 0.2) is 24.3 Å². The highest BCUT2D eigenvalue weighted by molar-refractivity contribution is 5.39. The molecule has 0 atom stereocenters. The summed E-state index contributed by atoms with van der Waals surface area (Å²) in [6, 6.07) is 8.59. The second-order valence-electron chi connectivity index (χ2n) is 7.04. The fourth-order valence-corrected chi connectivity index (χ4v) is 5.30. The smallest absolute Gasteiger partial charge is 0.0314 e. The molecule has 96 valence electrons. The Kier molecular flexibility index (Phi) is 2.43. The van der Waals surface area contributed by atoms with Crippen LogP contribution in [0.2, 0.25) is 0 Å². The summed E-state index contributed by atoms with van der Waals surface area (Å²) in [5.41, 5.74) is 8.17. The maximum Gasteiger partial charge on any atom is 0.0314 e. The Morgan fingerprint density at radius 3 is 1.94 bits per heavy atom. The topological polar surface area (TPSA) is 26.0 Å². The number of hydrogen-bond donors (Lipinski definition) is 1. The van der Waals surface area contributed by atoms with Crippen LogP contribution < -0.4 is 5.73 Å². The Morgan fingerprint density at radius 2 is 1.39 bits per heavy atom. The van der Waals surface area contributed by atoms with Gasteiger partial charge in [-0.2, -0.15) is 0 Å². The summed E-state index contributed by atoms with van der Waals surface area (Å²) < 4.78 is 0. The van der Waals surface area contributed by atoms with Gasteiger partial charge in [-0.05, 0) is 85.8 Å². The van der Waals surface area contributed by atoms with Crippen molar-refractivity contribution in [2.75, 3.05) is 5.73 Å². The van der Waals surface area contributed by atoms with Crippen molar-refractivity contribution in [3.8, 4) is 0 Å². The lowest BCUT2D eigenvalue weighted by Crippen LogP contribution is -2.45. The van der Waals surface area contributed by atoms with Gasteiger partial charge < -0.3 is 5.73 Å². The summed E-state index contributed by atoms with van der Waals surface area (Å²) in [6.07, 6.45) is 9.00. The van der Waals surface area contributed by atoms with Gasteiger partial charge in [0.25, 0.3) is 0 Å². The molecule has 1 nitrogen and oxygen atoms in total. The lowest BCUT2D eigenvalue weighted by atomic mass is 9.51. The molecular formula is C17H23N. The standard InChI is InChI=1S/C17H23N/c18-16-3-1-11(2-4-16)10-17-14-6-12-5-13(8-14)9-15(17)7-12/h1-4,12-15,17H,5-10,18H2. The second-order valence-corrected chi connectivity index (χ2v) is 7.04. The summed E-state index contributed by atoms with van der Waals surface area (Å²) in [5, 5.41) is 0. The van der Waals surface area contributed by atoms with Crippen LogP contribution in [0.5, 0.6) is 0 Å². The third-order valence-corrected chi connectivity index (χ3v) is 5.87. The third kappa shape index (κ3) is 1.75. The number of anilines is 1. The van der Waals surface area contributed by atoms with E-state index < -0.39 is 0 Å². The summed E-state index contributed by atoms with van der Waals surface area (Å²) in [6.45, 7) is 0. The molecular weight excluding hydrogens is 218 g/mol. The van der Waals surface area contributed by atoms with Crippen molar-refractivity contribution in [2.24, 2.45) is 29.6 Å². The highest BCUT2D eigenvalue weighted by Gasteiger charge is 2.47. The maximum absolute atomic E-state index is 5.78. The summed E-state index contributed by atoms with van der Waals surface area (Å²) in [7, 11) is 0. The van der Waals surface area contributed by atoms with Gasteiger partial charge in [0.1, 0.15) is 0 Å². The van der Waals surface area contributed by atoms with Crippen LogP contribution in [0, 0.1) is 29.6 Å². The lowest BCUT2D eigenvalue weighted by Gasteiger charge is -2.54.